The van der Waals surface area contributed by atoms with E-state index in [9.17, 15) is 9.90 Å². The highest BCUT2D eigenvalue weighted by molar-refractivity contribution is 5.80. The lowest BCUT2D eigenvalue weighted by atomic mass is 9.88. The van der Waals surface area contributed by atoms with E-state index in [2.05, 4.69) is 4.99 Å². The van der Waals surface area contributed by atoms with E-state index in [0.29, 0.717) is 5.69 Å². The van der Waals surface area contributed by atoms with Crippen molar-refractivity contribution >= 4 is 29.8 Å². The number of hydrogen-bond donors (Lipinski definition) is 3. The Balaban J connectivity index is 1.87. The Labute approximate surface area is 170 Å². The van der Waals surface area contributed by atoms with Gasteiger partial charge < -0.3 is 16.6 Å². The van der Waals surface area contributed by atoms with Crippen LogP contribution < -0.4 is 11.5 Å². The summed E-state index contributed by atoms with van der Waals surface area (Å²) in [5.41, 5.74) is 15.5. The highest BCUT2D eigenvalue weighted by Gasteiger charge is 2.17. The second kappa shape index (κ2) is 9.37. The number of hydrogen-bond acceptors (Lipinski definition) is 2. The van der Waals surface area contributed by atoms with Gasteiger partial charge in [-0.2, -0.15) is 0 Å². The summed E-state index contributed by atoms with van der Waals surface area (Å²) in [5, 5.41) is 9.37. The van der Waals surface area contributed by atoms with Gasteiger partial charge in [0.1, 0.15) is 0 Å². The normalized spacial score (nSPS) is 11.9. The molecule has 5 nitrogen and oxygen atoms in total. The standard InChI is InChI=1S/C24H23N3O2/c25-24(26)27-21-11-5-7-18(15-21)13-12-17-6-4-10-20(14-17)22(16-23(28)29)19-8-2-1-3-9-19/h1-15,22H,16H2,(H,28,29)(H4,25,26,27)/b13-12+. The molecule has 0 radical (unpaired) electrons. The summed E-state index contributed by atoms with van der Waals surface area (Å²) in [5.74, 6) is -1.01. The van der Waals surface area contributed by atoms with Gasteiger partial charge in [-0.3, -0.25) is 4.79 Å². The van der Waals surface area contributed by atoms with Crippen molar-refractivity contribution in [2.24, 2.45) is 16.5 Å². The van der Waals surface area contributed by atoms with E-state index in [-0.39, 0.29) is 18.3 Å². The molecule has 146 valence electrons. The second-order valence-corrected chi connectivity index (χ2v) is 6.70. The number of carboxylic acid groups (broad SMARTS) is 1. The molecule has 29 heavy (non-hydrogen) atoms. The van der Waals surface area contributed by atoms with E-state index in [1.807, 2.05) is 91.0 Å². The molecule has 5 N–H and O–H groups in total. The van der Waals surface area contributed by atoms with Crippen molar-refractivity contribution in [3.05, 3.63) is 101 Å². The topological polar surface area (TPSA) is 102 Å². The lowest BCUT2D eigenvalue weighted by Crippen LogP contribution is -2.21. The van der Waals surface area contributed by atoms with E-state index >= 15 is 0 Å². The molecule has 3 rings (SSSR count). The minimum atomic E-state index is -0.823. The average Bonchev–Trinajstić information content (AvgIpc) is 2.71. The SMILES string of the molecule is NC(N)=Nc1cccc(/C=C/c2cccc(C(CC(=O)O)c3ccccc3)c2)c1. The molecule has 1 unspecified atom stereocenters. The summed E-state index contributed by atoms with van der Waals surface area (Å²) in [6.07, 6.45) is 4.00. The van der Waals surface area contributed by atoms with Gasteiger partial charge in [-0.25, -0.2) is 4.99 Å². The maximum atomic E-state index is 11.4. The molecule has 3 aromatic carbocycles. The van der Waals surface area contributed by atoms with Crippen LogP contribution in [0.4, 0.5) is 5.69 Å². The number of benzene rings is 3. The molecular weight excluding hydrogens is 362 g/mol. The number of guanidine groups is 1. The molecule has 1 atom stereocenters. The number of carbonyl (C=O) groups is 1. The van der Waals surface area contributed by atoms with E-state index in [1.54, 1.807) is 0 Å². The van der Waals surface area contributed by atoms with Crippen molar-refractivity contribution in [1.82, 2.24) is 0 Å². The predicted molar refractivity (Wildman–Crippen MR) is 118 cm³/mol. The fraction of sp³-hybridized carbons (Fsp3) is 0.0833. The molecule has 0 saturated heterocycles. The number of rotatable bonds is 7. The number of aliphatic imine (C=N–C) groups is 1. The Morgan fingerprint density at radius 1 is 0.862 bits per heavy atom. The third-order valence-electron chi connectivity index (χ3n) is 4.49. The van der Waals surface area contributed by atoms with Crippen LogP contribution in [0.15, 0.2) is 83.9 Å². The Kier molecular flexibility index (Phi) is 6.43. The fourth-order valence-electron chi connectivity index (χ4n) is 3.21. The van der Waals surface area contributed by atoms with E-state index in [1.165, 1.54) is 0 Å². The number of nitrogens with zero attached hydrogens (tertiary/aromatic N) is 1. The van der Waals surface area contributed by atoms with Crippen molar-refractivity contribution < 1.29 is 9.90 Å². The lowest BCUT2D eigenvalue weighted by Gasteiger charge is -2.16. The summed E-state index contributed by atoms with van der Waals surface area (Å²) in [7, 11) is 0. The Morgan fingerprint density at radius 2 is 1.48 bits per heavy atom. The summed E-state index contributed by atoms with van der Waals surface area (Å²) in [4.78, 5) is 15.5. The van der Waals surface area contributed by atoms with Gasteiger partial charge in [0.25, 0.3) is 0 Å². The highest BCUT2D eigenvalue weighted by Crippen LogP contribution is 2.29. The number of carboxylic acids is 1. The monoisotopic (exact) mass is 385 g/mol. The van der Waals surface area contributed by atoms with Gasteiger partial charge in [-0.05, 0) is 34.4 Å². The van der Waals surface area contributed by atoms with Crippen LogP contribution >= 0.6 is 0 Å². The zero-order valence-electron chi connectivity index (χ0n) is 15.9. The Morgan fingerprint density at radius 3 is 2.14 bits per heavy atom. The molecule has 5 heteroatoms. The highest BCUT2D eigenvalue weighted by atomic mass is 16.4. The minimum Gasteiger partial charge on any atom is -0.481 e. The van der Waals surface area contributed by atoms with Crippen molar-refractivity contribution in [2.45, 2.75) is 12.3 Å². The molecule has 3 aromatic rings. The molecule has 0 saturated carbocycles. The molecule has 0 amide bonds. The lowest BCUT2D eigenvalue weighted by molar-refractivity contribution is -0.137. The van der Waals surface area contributed by atoms with Crippen molar-refractivity contribution in [3.8, 4) is 0 Å². The van der Waals surface area contributed by atoms with Gasteiger partial charge in [0.05, 0.1) is 12.1 Å². The molecule has 0 heterocycles. The average molecular weight is 385 g/mol. The third-order valence-corrected chi connectivity index (χ3v) is 4.49. The van der Waals surface area contributed by atoms with Crippen molar-refractivity contribution in [2.75, 3.05) is 0 Å². The summed E-state index contributed by atoms with van der Waals surface area (Å²) < 4.78 is 0. The smallest absolute Gasteiger partial charge is 0.304 e. The van der Waals surface area contributed by atoms with Crippen LogP contribution in [-0.4, -0.2) is 17.0 Å². The van der Waals surface area contributed by atoms with Crippen LogP contribution in [0.2, 0.25) is 0 Å². The third kappa shape index (κ3) is 5.81. The van der Waals surface area contributed by atoms with Gasteiger partial charge in [-0.1, -0.05) is 78.9 Å². The van der Waals surface area contributed by atoms with Crippen molar-refractivity contribution in [3.63, 3.8) is 0 Å². The summed E-state index contributed by atoms with van der Waals surface area (Å²) in [6.45, 7) is 0. The molecule has 0 aliphatic rings. The number of aliphatic carboxylic acids is 1. The quantitative estimate of drug-likeness (QED) is 0.319. The molecule has 0 aliphatic carbocycles. The van der Waals surface area contributed by atoms with Gasteiger partial charge >= 0.3 is 5.97 Å². The Hall–Kier alpha value is -3.86. The first-order chi connectivity index (χ1) is 14.0. The van der Waals surface area contributed by atoms with Crippen LogP contribution in [0.3, 0.4) is 0 Å². The zero-order valence-corrected chi connectivity index (χ0v) is 15.9. The fourth-order valence-corrected chi connectivity index (χ4v) is 3.21. The molecule has 0 fully saturated rings. The minimum absolute atomic E-state index is 0.0178. The van der Waals surface area contributed by atoms with Crippen LogP contribution in [0.5, 0.6) is 0 Å². The first-order valence-electron chi connectivity index (χ1n) is 9.26. The van der Waals surface area contributed by atoms with Gasteiger partial charge in [-0.15, -0.1) is 0 Å². The molecular formula is C24H23N3O2. The van der Waals surface area contributed by atoms with Crippen LogP contribution in [0.25, 0.3) is 12.2 Å². The van der Waals surface area contributed by atoms with E-state index in [4.69, 9.17) is 11.5 Å². The van der Waals surface area contributed by atoms with Crippen LogP contribution in [0, 0.1) is 0 Å². The second-order valence-electron chi connectivity index (χ2n) is 6.70. The van der Waals surface area contributed by atoms with E-state index < -0.39 is 5.97 Å². The molecule has 0 spiro atoms. The van der Waals surface area contributed by atoms with Crippen LogP contribution in [0.1, 0.15) is 34.6 Å². The molecule has 0 bridgehead atoms. The first kappa shape index (κ1) is 19.9. The van der Waals surface area contributed by atoms with Gasteiger partial charge in [0.2, 0.25) is 0 Å². The maximum absolute atomic E-state index is 11.4. The molecule has 0 aromatic heterocycles. The van der Waals surface area contributed by atoms with Gasteiger partial charge in [0, 0.05) is 5.92 Å². The van der Waals surface area contributed by atoms with Crippen LogP contribution in [-0.2, 0) is 4.79 Å². The summed E-state index contributed by atoms with van der Waals surface area (Å²) in [6, 6.07) is 25.2. The van der Waals surface area contributed by atoms with Gasteiger partial charge in [0.15, 0.2) is 5.96 Å². The van der Waals surface area contributed by atoms with Crippen molar-refractivity contribution in [1.29, 1.82) is 0 Å². The van der Waals surface area contributed by atoms with E-state index in [0.717, 1.165) is 22.3 Å². The maximum Gasteiger partial charge on any atom is 0.304 e. The zero-order chi connectivity index (χ0) is 20.6. The summed E-state index contributed by atoms with van der Waals surface area (Å²) >= 11 is 0. The number of nitrogens with two attached hydrogens (primary N) is 2. The molecule has 0 aliphatic heterocycles. The largest absolute Gasteiger partial charge is 0.481 e. The first-order valence-corrected chi connectivity index (χ1v) is 9.26. The predicted octanol–water partition coefficient (Wildman–Crippen LogP) is 4.37. The Bertz CT molecular complexity index is 1040.